The van der Waals surface area contributed by atoms with Crippen LogP contribution in [0.5, 0.6) is 0 Å². The molecule has 0 aliphatic heterocycles. The molecular formula is C16H26N2O. The second-order valence-electron chi connectivity index (χ2n) is 5.37. The van der Waals surface area contributed by atoms with E-state index >= 15 is 0 Å². The van der Waals surface area contributed by atoms with Gasteiger partial charge < -0.3 is 11.1 Å². The molecule has 0 aromatic heterocycles. The first-order valence-corrected chi connectivity index (χ1v) is 7.07. The third kappa shape index (κ3) is 4.06. The van der Waals surface area contributed by atoms with Crippen molar-refractivity contribution < 1.29 is 4.79 Å². The van der Waals surface area contributed by atoms with Gasteiger partial charge in [-0.2, -0.15) is 0 Å². The number of amides is 1. The number of carbonyl (C=O) groups is 1. The van der Waals surface area contributed by atoms with Gasteiger partial charge >= 0.3 is 0 Å². The van der Waals surface area contributed by atoms with Crippen molar-refractivity contribution in [2.45, 2.75) is 58.5 Å². The molecule has 1 rings (SSSR count). The van der Waals surface area contributed by atoms with Crippen LogP contribution in [0.1, 0.15) is 44.7 Å². The fraction of sp³-hybridized carbons (Fsp3) is 0.562. The lowest BCUT2D eigenvalue weighted by molar-refractivity contribution is -0.127. The largest absolute Gasteiger partial charge is 0.352 e. The van der Waals surface area contributed by atoms with E-state index in [1.807, 2.05) is 32.9 Å². The van der Waals surface area contributed by atoms with E-state index in [0.29, 0.717) is 12.8 Å². The van der Waals surface area contributed by atoms with Crippen molar-refractivity contribution in [2.75, 3.05) is 0 Å². The molecule has 1 atom stereocenters. The fourth-order valence-electron chi connectivity index (χ4n) is 2.16. The Kier molecular flexibility index (Phi) is 5.55. The van der Waals surface area contributed by atoms with Crippen LogP contribution < -0.4 is 11.1 Å². The highest BCUT2D eigenvalue weighted by molar-refractivity contribution is 5.86. The average Bonchev–Trinajstić information content (AvgIpc) is 2.40. The van der Waals surface area contributed by atoms with Crippen molar-refractivity contribution in [3.05, 3.63) is 35.4 Å². The molecule has 0 heterocycles. The summed E-state index contributed by atoms with van der Waals surface area (Å²) in [6.45, 7) is 8.02. The third-order valence-electron chi connectivity index (χ3n) is 3.88. The molecule has 0 spiro atoms. The number of nitrogens with two attached hydrogens (primary N) is 1. The van der Waals surface area contributed by atoms with Crippen molar-refractivity contribution in [2.24, 2.45) is 5.73 Å². The lowest BCUT2D eigenvalue weighted by Crippen LogP contribution is -2.55. The molecule has 1 aromatic carbocycles. The van der Waals surface area contributed by atoms with Gasteiger partial charge in [-0.05, 0) is 44.2 Å². The first-order chi connectivity index (χ1) is 8.92. The number of rotatable bonds is 6. The van der Waals surface area contributed by atoms with E-state index in [-0.39, 0.29) is 11.9 Å². The van der Waals surface area contributed by atoms with Crippen molar-refractivity contribution in [1.29, 1.82) is 0 Å². The summed E-state index contributed by atoms with van der Waals surface area (Å²) in [7, 11) is 0. The molecule has 0 saturated heterocycles. The highest BCUT2D eigenvalue weighted by atomic mass is 16.2. The van der Waals surface area contributed by atoms with Gasteiger partial charge in [0.25, 0.3) is 0 Å². The number of carbonyl (C=O) groups excluding carboxylic acids is 1. The van der Waals surface area contributed by atoms with Crippen LogP contribution >= 0.6 is 0 Å². The molecule has 3 heteroatoms. The minimum Gasteiger partial charge on any atom is -0.352 e. The summed E-state index contributed by atoms with van der Waals surface area (Å²) in [6, 6.07) is 8.35. The highest BCUT2D eigenvalue weighted by Gasteiger charge is 2.30. The van der Waals surface area contributed by atoms with Crippen LogP contribution in [0.3, 0.4) is 0 Å². The van der Waals surface area contributed by atoms with Crippen LogP contribution in [0.25, 0.3) is 0 Å². The van der Waals surface area contributed by atoms with E-state index in [9.17, 15) is 4.79 Å². The zero-order valence-corrected chi connectivity index (χ0v) is 12.5. The molecule has 3 nitrogen and oxygen atoms in total. The van der Waals surface area contributed by atoms with Gasteiger partial charge in [-0.25, -0.2) is 0 Å². The maximum atomic E-state index is 12.2. The Hall–Kier alpha value is -1.35. The number of hydrogen-bond acceptors (Lipinski definition) is 2. The van der Waals surface area contributed by atoms with Gasteiger partial charge in [0, 0.05) is 6.04 Å². The van der Waals surface area contributed by atoms with Crippen molar-refractivity contribution in [3.63, 3.8) is 0 Å². The Morgan fingerprint density at radius 1 is 1.32 bits per heavy atom. The van der Waals surface area contributed by atoms with E-state index < -0.39 is 5.54 Å². The summed E-state index contributed by atoms with van der Waals surface area (Å²) < 4.78 is 0. The van der Waals surface area contributed by atoms with Crippen molar-refractivity contribution in [1.82, 2.24) is 5.32 Å². The van der Waals surface area contributed by atoms with Gasteiger partial charge in [-0.1, -0.05) is 38.1 Å². The molecule has 106 valence electrons. The molecule has 0 bridgehead atoms. The number of benzene rings is 1. The van der Waals surface area contributed by atoms with Gasteiger partial charge in [0.05, 0.1) is 5.54 Å². The Balaban J connectivity index is 2.63. The van der Waals surface area contributed by atoms with Crippen molar-refractivity contribution >= 4 is 5.91 Å². The monoisotopic (exact) mass is 262 g/mol. The van der Waals surface area contributed by atoms with Crippen LogP contribution in [0.2, 0.25) is 0 Å². The first-order valence-electron chi connectivity index (χ1n) is 7.07. The summed E-state index contributed by atoms with van der Waals surface area (Å²) in [4.78, 5) is 12.2. The molecule has 0 fully saturated rings. The first kappa shape index (κ1) is 15.7. The van der Waals surface area contributed by atoms with E-state index in [2.05, 4.69) is 24.4 Å². The Bertz CT molecular complexity index is 425. The van der Waals surface area contributed by atoms with Crippen LogP contribution in [-0.4, -0.2) is 17.5 Å². The van der Waals surface area contributed by atoms with E-state index in [0.717, 1.165) is 6.42 Å². The minimum atomic E-state index is -0.736. The van der Waals surface area contributed by atoms with Gasteiger partial charge in [0.2, 0.25) is 5.91 Å². The molecule has 0 aliphatic rings. The Morgan fingerprint density at radius 3 is 2.42 bits per heavy atom. The maximum absolute atomic E-state index is 12.2. The van der Waals surface area contributed by atoms with Crippen LogP contribution in [0.4, 0.5) is 0 Å². The van der Waals surface area contributed by atoms with E-state index in [1.54, 1.807) is 0 Å². The smallest absolute Gasteiger partial charge is 0.240 e. The number of nitrogens with one attached hydrogen (secondary N) is 1. The van der Waals surface area contributed by atoms with Gasteiger partial charge in [0.15, 0.2) is 0 Å². The van der Waals surface area contributed by atoms with Crippen LogP contribution in [-0.2, 0) is 11.2 Å². The summed E-state index contributed by atoms with van der Waals surface area (Å²) in [6.07, 6.45) is 2.15. The molecule has 19 heavy (non-hydrogen) atoms. The highest BCUT2D eigenvalue weighted by Crippen LogP contribution is 2.13. The van der Waals surface area contributed by atoms with E-state index in [4.69, 9.17) is 5.73 Å². The lowest BCUT2D eigenvalue weighted by atomic mass is 9.92. The standard InChI is InChI=1S/C16H26N2O/c1-5-16(17,6-2)15(19)18-13(4)11-14-10-8-7-9-12(14)3/h7-10,13H,5-6,11,17H2,1-4H3,(H,18,19). The summed E-state index contributed by atoms with van der Waals surface area (Å²) in [5.41, 5.74) is 7.89. The number of aryl methyl sites for hydroxylation is 1. The van der Waals surface area contributed by atoms with Crippen LogP contribution in [0.15, 0.2) is 24.3 Å². The molecule has 1 amide bonds. The predicted molar refractivity (Wildman–Crippen MR) is 80.0 cm³/mol. The predicted octanol–water partition coefficient (Wildman–Crippen LogP) is 2.56. The summed E-state index contributed by atoms with van der Waals surface area (Å²) in [5.74, 6) is -0.0430. The molecule has 0 saturated carbocycles. The molecule has 1 unspecified atom stereocenters. The zero-order valence-electron chi connectivity index (χ0n) is 12.5. The second-order valence-corrected chi connectivity index (χ2v) is 5.37. The number of hydrogen-bond donors (Lipinski definition) is 2. The summed E-state index contributed by atoms with van der Waals surface area (Å²) >= 11 is 0. The summed E-state index contributed by atoms with van der Waals surface area (Å²) in [5, 5.41) is 3.03. The van der Waals surface area contributed by atoms with Crippen LogP contribution in [0, 0.1) is 6.92 Å². The maximum Gasteiger partial charge on any atom is 0.240 e. The Labute approximate surface area is 116 Å². The topological polar surface area (TPSA) is 55.1 Å². The van der Waals surface area contributed by atoms with Gasteiger partial charge in [-0.15, -0.1) is 0 Å². The molecule has 0 radical (unpaired) electrons. The Morgan fingerprint density at radius 2 is 1.89 bits per heavy atom. The molecule has 3 N–H and O–H groups in total. The minimum absolute atomic E-state index is 0.0430. The zero-order chi connectivity index (χ0) is 14.5. The average molecular weight is 262 g/mol. The molecular weight excluding hydrogens is 236 g/mol. The third-order valence-corrected chi connectivity index (χ3v) is 3.88. The van der Waals surface area contributed by atoms with Gasteiger partial charge in [0.1, 0.15) is 0 Å². The normalized spacial score (nSPS) is 13.1. The quantitative estimate of drug-likeness (QED) is 0.828. The van der Waals surface area contributed by atoms with Gasteiger partial charge in [-0.3, -0.25) is 4.79 Å². The SMILES string of the molecule is CCC(N)(CC)C(=O)NC(C)Cc1ccccc1C. The van der Waals surface area contributed by atoms with E-state index in [1.165, 1.54) is 11.1 Å². The van der Waals surface area contributed by atoms with Crippen molar-refractivity contribution in [3.8, 4) is 0 Å². The molecule has 1 aromatic rings. The molecule has 0 aliphatic carbocycles. The fourth-order valence-corrected chi connectivity index (χ4v) is 2.16. The second kappa shape index (κ2) is 6.71. The lowest BCUT2D eigenvalue weighted by Gasteiger charge is -2.27.